The summed E-state index contributed by atoms with van der Waals surface area (Å²) in [6, 6.07) is 3.98. The molecule has 0 bridgehead atoms. The van der Waals surface area contributed by atoms with Crippen LogP contribution in [-0.4, -0.2) is 28.0 Å². The first kappa shape index (κ1) is 12.5. The molecule has 0 amide bonds. The number of pyridine rings is 1. The van der Waals surface area contributed by atoms with Crippen LogP contribution in [0.1, 0.15) is 19.8 Å². The summed E-state index contributed by atoms with van der Waals surface area (Å²) in [4.78, 5) is 5.18. The van der Waals surface area contributed by atoms with Gasteiger partial charge in [0.05, 0.1) is 5.60 Å². The summed E-state index contributed by atoms with van der Waals surface area (Å²) in [6.45, 7) is 2.11. The zero-order valence-corrected chi connectivity index (χ0v) is 9.83. The fourth-order valence-electron chi connectivity index (χ4n) is 1.18. The second-order valence-corrected chi connectivity index (χ2v) is 5.00. The summed E-state index contributed by atoms with van der Waals surface area (Å²) in [7, 11) is 0. The molecule has 1 aromatic rings. The molecule has 0 fully saturated rings. The van der Waals surface area contributed by atoms with Gasteiger partial charge in [0.2, 0.25) is 0 Å². The molecule has 3 N–H and O–H groups in total. The molecular weight excluding hydrogens is 208 g/mol. The van der Waals surface area contributed by atoms with E-state index in [2.05, 4.69) is 4.98 Å². The van der Waals surface area contributed by atoms with Gasteiger partial charge in [0.15, 0.2) is 0 Å². The molecule has 0 saturated carbocycles. The highest BCUT2D eigenvalue weighted by Gasteiger charge is 2.16. The third-order valence-electron chi connectivity index (χ3n) is 2.22. The van der Waals surface area contributed by atoms with E-state index in [1.165, 1.54) is 4.90 Å². The molecule has 1 rings (SSSR count). The smallest absolute Gasteiger partial charge is 0.0741 e. The molecule has 15 heavy (non-hydrogen) atoms. The van der Waals surface area contributed by atoms with E-state index in [9.17, 15) is 5.11 Å². The van der Waals surface area contributed by atoms with Gasteiger partial charge in [0, 0.05) is 23.8 Å². The van der Waals surface area contributed by atoms with Crippen LogP contribution in [0.15, 0.2) is 29.4 Å². The van der Waals surface area contributed by atoms with E-state index >= 15 is 0 Å². The zero-order chi connectivity index (χ0) is 11.1. The van der Waals surface area contributed by atoms with Gasteiger partial charge >= 0.3 is 0 Å². The van der Waals surface area contributed by atoms with E-state index in [0.717, 1.165) is 18.6 Å². The lowest BCUT2D eigenvalue weighted by molar-refractivity contribution is 0.0596. The summed E-state index contributed by atoms with van der Waals surface area (Å²) in [6.07, 6.45) is 5.30. The molecule has 0 aromatic carbocycles. The van der Waals surface area contributed by atoms with Crippen LogP contribution < -0.4 is 5.73 Å². The molecule has 84 valence electrons. The second-order valence-electron chi connectivity index (χ2n) is 3.84. The van der Waals surface area contributed by atoms with Crippen LogP contribution in [0, 0.1) is 0 Å². The van der Waals surface area contributed by atoms with Crippen LogP contribution in [0.5, 0.6) is 0 Å². The molecule has 0 saturated heterocycles. The Morgan fingerprint density at radius 2 is 2.13 bits per heavy atom. The quantitative estimate of drug-likeness (QED) is 0.572. The van der Waals surface area contributed by atoms with Crippen molar-refractivity contribution in [1.82, 2.24) is 4.98 Å². The van der Waals surface area contributed by atoms with Crippen molar-refractivity contribution in [2.45, 2.75) is 30.3 Å². The van der Waals surface area contributed by atoms with Crippen LogP contribution in [0.3, 0.4) is 0 Å². The predicted molar refractivity (Wildman–Crippen MR) is 63.9 cm³/mol. The fourth-order valence-corrected chi connectivity index (χ4v) is 2.02. The molecule has 0 spiro atoms. The highest BCUT2D eigenvalue weighted by molar-refractivity contribution is 7.99. The predicted octanol–water partition coefficient (Wildman–Crippen LogP) is 1.66. The van der Waals surface area contributed by atoms with Crippen LogP contribution in [-0.2, 0) is 0 Å². The Hall–Kier alpha value is -0.580. The average Bonchev–Trinajstić information content (AvgIpc) is 2.26. The molecule has 1 heterocycles. The van der Waals surface area contributed by atoms with Crippen molar-refractivity contribution in [3.63, 3.8) is 0 Å². The fraction of sp³-hybridized carbons (Fsp3) is 0.545. The van der Waals surface area contributed by atoms with E-state index < -0.39 is 5.60 Å². The van der Waals surface area contributed by atoms with Crippen LogP contribution in [0.4, 0.5) is 0 Å². The van der Waals surface area contributed by atoms with E-state index in [0.29, 0.717) is 6.54 Å². The van der Waals surface area contributed by atoms with Crippen molar-refractivity contribution in [2.24, 2.45) is 5.73 Å². The lowest BCUT2D eigenvalue weighted by Crippen LogP contribution is -2.34. The highest BCUT2D eigenvalue weighted by Crippen LogP contribution is 2.20. The zero-order valence-electron chi connectivity index (χ0n) is 9.02. The second kappa shape index (κ2) is 6.10. The van der Waals surface area contributed by atoms with Crippen LogP contribution in [0.25, 0.3) is 0 Å². The third-order valence-corrected chi connectivity index (χ3v) is 3.32. The monoisotopic (exact) mass is 226 g/mol. The molecule has 1 aromatic heterocycles. The first-order valence-corrected chi connectivity index (χ1v) is 6.08. The van der Waals surface area contributed by atoms with Gasteiger partial charge in [-0.2, -0.15) is 0 Å². The van der Waals surface area contributed by atoms with Gasteiger partial charge in [-0.1, -0.05) is 0 Å². The molecular formula is C11H18N2OS. The number of hydrogen-bond acceptors (Lipinski definition) is 4. The first-order valence-electron chi connectivity index (χ1n) is 5.09. The maximum Gasteiger partial charge on any atom is 0.0741 e. The van der Waals surface area contributed by atoms with Crippen LogP contribution >= 0.6 is 11.8 Å². The Kier molecular flexibility index (Phi) is 5.08. The van der Waals surface area contributed by atoms with Crippen molar-refractivity contribution in [3.05, 3.63) is 24.5 Å². The van der Waals surface area contributed by atoms with E-state index in [1.54, 1.807) is 31.1 Å². The number of hydrogen-bond donors (Lipinski definition) is 2. The average molecular weight is 226 g/mol. The Balaban J connectivity index is 2.18. The SMILES string of the molecule is CC(O)(CN)CCCSc1ccncc1. The standard InChI is InChI=1S/C11H18N2OS/c1-11(14,9-12)5-2-8-15-10-3-6-13-7-4-10/h3-4,6-7,14H,2,5,8-9,12H2,1H3. The van der Waals surface area contributed by atoms with Gasteiger partial charge in [0.1, 0.15) is 0 Å². The molecule has 0 aliphatic carbocycles. The van der Waals surface area contributed by atoms with Crippen molar-refractivity contribution >= 4 is 11.8 Å². The lowest BCUT2D eigenvalue weighted by atomic mass is 10.0. The van der Waals surface area contributed by atoms with Gasteiger partial charge in [-0.15, -0.1) is 11.8 Å². The van der Waals surface area contributed by atoms with E-state index in [-0.39, 0.29) is 0 Å². The number of aromatic nitrogens is 1. The summed E-state index contributed by atoms with van der Waals surface area (Å²) < 4.78 is 0. The number of aliphatic hydroxyl groups is 1. The minimum Gasteiger partial charge on any atom is -0.389 e. The number of rotatable bonds is 6. The van der Waals surface area contributed by atoms with Gasteiger partial charge in [0.25, 0.3) is 0 Å². The van der Waals surface area contributed by atoms with Crippen molar-refractivity contribution in [3.8, 4) is 0 Å². The highest BCUT2D eigenvalue weighted by atomic mass is 32.2. The number of nitrogens with zero attached hydrogens (tertiary/aromatic N) is 1. The van der Waals surface area contributed by atoms with Crippen molar-refractivity contribution in [1.29, 1.82) is 0 Å². The van der Waals surface area contributed by atoms with Crippen molar-refractivity contribution in [2.75, 3.05) is 12.3 Å². The molecule has 0 aliphatic rings. The number of thioether (sulfide) groups is 1. The summed E-state index contributed by atoms with van der Waals surface area (Å²) in [5, 5.41) is 9.68. The van der Waals surface area contributed by atoms with Gasteiger partial charge in [-0.25, -0.2) is 0 Å². The molecule has 1 unspecified atom stereocenters. The van der Waals surface area contributed by atoms with Gasteiger partial charge in [-0.05, 0) is 37.7 Å². The van der Waals surface area contributed by atoms with Gasteiger partial charge < -0.3 is 10.8 Å². The molecule has 1 atom stereocenters. The Labute approximate surface area is 95.1 Å². The minimum atomic E-state index is -0.710. The Morgan fingerprint density at radius 1 is 1.47 bits per heavy atom. The first-order chi connectivity index (χ1) is 7.14. The number of nitrogens with two attached hydrogens (primary N) is 1. The van der Waals surface area contributed by atoms with Crippen molar-refractivity contribution < 1.29 is 5.11 Å². The lowest BCUT2D eigenvalue weighted by Gasteiger charge is -2.20. The van der Waals surface area contributed by atoms with E-state index in [1.807, 2.05) is 12.1 Å². The maximum atomic E-state index is 9.68. The third kappa shape index (κ3) is 5.16. The van der Waals surface area contributed by atoms with Gasteiger partial charge in [-0.3, -0.25) is 4.98 Å². The topological polar surface area (TPSA) is 59.1 Å². The minimum absolute atomic E-state index is 0.326. The van der Waals surface area contributed by atoms with E-state index in [4.69, 9.17) is 5.73 Å². The molecule has 0 radical (unpaired) electrons. The molecule has 0 aliphatic heterocycles. The summed E-state index contributed by atoms with van der Waals surface area (Å²) in [5.41, 5.74) is 4.73. The summed E-state index contributed by atoms with van der Waals surface area (Å²) in [5.74, 6) is 1.00. The molecule has 4 heteroatoms. The Morgan fingerprint density at radius 3 is 2.73 bits per heavy atom. The maximum absolute atomic E-state index is 9.68. The Bertz CT molecular complexity index is 277. The van der Waals surface area contributed by atoms with Crippen LogP contribution in [0.2, 0.25) is 0 Å². The summed E-state index contributed by atoms with van der Waals surface area (Å²) >= 11 is 1.78. The largest absolute Gasteiger partial charge is 0.389 e. The normalized spacial score (nSPS) is 14.9. The molecule has 3 nitrogen and oxygen atoms in total.